The van der Waals surface area contributed by atoms with E-state index in [1.165, 1.54) is 12.1 Å². The molecule has 0 saturated heterocycles. The molecule has 0 bridgehead atoms. The van der Waals surface area contributed by atoms with Crippen molar-refractivity contribution in [3.8, 4) is 5.75 Å². The molecule has 0 aromatic heterocycles. The van der Waals surface area contributed by atoms with E-state index < -0.39 is 28.8 Å². The third-order valence-corrected chi connectivity index (χ3v) is 6.47. The molecule has 0 heterocycles. The summed E-state index contributed by atoms with van der Waals surface area (Å²) in [5.41, 5.74) is 0.593. The zero-order valence-corrected chi connectivity index (χ0v) is 20.2. The van der Waals surface area contributed by atoms with Gasteiger partial charge in [-0.25, -0.2) is 13.0 Å². The number of hydrogen-bond donors (Lipinski definition) is 2. The van der Waals surface area contributed by atoms with Crippen LogP contribution < -0.4 is 38.8 Å². The van der Waals surface area contributed by atoms with Gasteiger partial charge in [-0.3, -0.25) is 10.1 Å². The molecule has 2 rings (SSSR count). The van der Waals surface area contributed by atoms with Gasteiger partial charge in [-0.05, 0) is 35.2 Å². The van der Waals surface area contributed by atoms with Crippen molar-refractivity contribution >= 4 is 23.3 Å². The molecule has 0 spiro atoms. The van der Waals surface area contributed by atoms with E-state index in [1.54, 1.807) is 12.1 Å². The molecule has 0 aliphatic carbocycles. The van der Waals surface area contributed by atoms with Crippen LogP contribution in [0.25, 0.3) is 0 Å². The zero-order chi connectivity index (χ0) is 21.2. The first-order valence-corrected chi connectivity index (χ1v) is 11.4. The van der Waals surface area contributed by atoms with Gasteiger partial charge in [0.15, 0.2) is 0 Å². The number of sulfonamides is 1. The summed E-state index contributed by atoms with van der Waals surface area (Å²) in [4.78, 5) is 19.8. The van der Waals surface area contributed by atoms with Gasteiger partial charge in [-0.2, -0.15) is 4.72 Å². The van der Waals surface area contributed by atoms with Gasteiger partial charge in [0.2, 0.25) is 10.0 Å². The summed E-state index contributed by atoms with van der Waals surface area (Å²) in [6.45, 7) is 5.98. The first-order chi connectivity index (χ1) is 12.8. The van der Waals surface area contributed by atoms with Gasteiger partial charge < -0.3 is 10.8 Å². The standard InChI is InChI=1S/C17H21N2O7PS.Na.H/c1-17(2,3)13-4-10-16(11-5-13)28(24,25)18-12-27(22,23)26-15-8-6-14(7-9-15)19(20)21;;/h4-11,18H,12H2,1-3H3,(H,22,23);;/q;+1;-1. The quantitative estimate of drug-likeness (QED) is 0.270. The molecular weight excluding hydrogens is 430 g/mol. The zero-order valence-electron chi connectivity index (χ0n) is 17.5. The Hall–Kier alpha value is -1.26. The monoisotopic (exact) mass is 452 g/mol. The van der Waals surface area contributed by atoms with Crippen LogP contribution in [0.2, 0.25) is 0 Å². The molecule has 2 aromatic rings. The molecule has 0 amide bonds. The Morgan fingerprint density at radius 3 is 2.10 bits per heavy atom. The van der Waals surface area contributed by atoms with Crippen LogP contribution in [0.1, 0.15) is 27.8 Å². The Morgan fingerprint density at radius 1 is 1.14 bits per heavy atom. The van der Waals surface area contributed by atoms with Crippen LogP contribution in [-0.2, 0) is 20.0 Å². The Labute approximate surface area is 193 Å². The van der Waals surface area contributed by atoms with Crippen molar-refractivity contribution in [2.24, 2.45) is 0 Å². The number of nitrogens with zero attached hydrogens (tertiary/aromatic N) is 1. The summed E-state index contributed by atoms with van der Waals surface area (Å²) < 4.78 is 43.8. The molecule has 29 heavy (non-hydrogen) atoms. The van der Waals surface area contributed by atoms with Gasteiger partial charge in [0, 0.05) is 12.1 Å². The molecule has 12 heteroatoms. The molecule has 0 saturated carbocycles. The van der Waals surface area contributed by atoms with Gasteiger partial charge in [0.05, 0.1) is 9.82 Å². The Balaban J connectivity index is 0.00000420. The molecule has 1 unspecified atom stereocenters. The molecule has 2 N–H and O–H groups in total. The molecular formula is C17H22N2NaO7PS. The minimum atomic E-state index is -4.37. The predicted molar refractivity (Wildman–Crippen MR) is 105 cm³/mol. The number of benzene rings is 2. The third-order valence-electron chi connectivity index (χ3n) is 3.78. The summed E-state index contributed by atoms with van der Waals surface area (Å²) in [5.74, 6) is -0.0924. The van der Waals surface area contributed by atoms with E-state index in [0.29, 0.717) is 0 Å². The van der Waals surface area contributed by atoms with Crippen LogP contribution >= 0.6 is 7.60 Å². The first kappa shape index (κ1) is 25.8. The van der Waals surface area contributed by atoms with Crippen LogP contribution in [0.5, 0.6) is 5.75 Å². The molecule has 2 aromatic carbocycles. The normalized spacial score (nSPS) is 13.8. The topological polar surface area (TPSA) is 136 Å². The maximum absolute atomic E-state index is 12.3. The molecule has 9 nitrogen and oxygen atoms in total. The van der Waals surface area contributed by atoms with Gasteiger partial charge in [-0.1, -0.05) is 32.9 Å². The average Bonchev–Trinajstić information content (AvgIpc) is 2.60. The summed E-state index contributed by atoms with van der Waals surface area (Å²) in [6.07, 6.45) is -0.854. The van der Waals surface area contributed by atoms with Gasteiger partial charge in [0.25, 0.3) is 5.69 Å². The first-order valence-electron chi connectivity index (χ1n) is 8.16. The molecule has 0 radical (unpaired) electrons. The van der Waals surface area contributed by atoms with Crippen molar-refractivity contribution in [3.63, 3.8) is 0 Å². The van der Waals surface area contributed by atoms with E-state index in [4.69, 9.17) is 4.52 Å². The third kappa shape index (κ3) is 7.49. The van der Waals surface area contributed by atoms with Crippen molar-refractivity contribution in [2.75, 3.05) is 6.29 Å². The maximum Gasteiger partial charge on any atom is 1.00 e. The number of non-ortho nitro benzene ring substituents is 1. The Kier molecular flexibility index (Phi) is 8.62. The number of rotatable bonds is 7. The fourth-order valence-electron chi connectivity index (χ4n) is 2.21. The second-order valence-electron chi connectivity index (χ2n) is 7.06. The van der Waals surface area contributed by atoms with E-state index in [-0.39, 0.29) is 52.7 Å². The van der Waals surface area contributed by atoms with E-state index in [2.05, 4.69) is 0 Å². The largest absolute Gasteiger partial charge is 1.00 e. The minimum absolute atomic E-state index is 0. The van der Waals surface area contributed by atoms with Crippen LogP contribution in [0.4, 0.5) is 5.69 Å². The second-order valence-corrected chi connectivity index (χ2v) is 10.6. The van der Waals surface area contributed by atoms with Crippen molar-refractivity contribution < 1.29 is 58.3 Å². The van der Waals surface area contributed by atoms with Crippen molar-refractivity contribution in [1.82, 2.24) is 4.72 Å². The number of nitro groups is 1. The molecule has 154 valence electrons. The molecule has 0 fully saturated rings. The van der Waals surface area contributed by atoms with Crippen LogP contribution in [0, 0.1) is 10.1 Å². The van der Waals surface area contributed by atoms with E-state index in [0.717, 1.165) is 29.8 Å². The Morgan fingerprint density at radius 2 is 1.66 bits per heavy atom. The number of nitrogens with one attached hydrogen (secondary N) is 1. The summed E-state index contributed by atoms with van der Waals surface area (Å²) in [7, 11) is -8.38. The molecule has 1 atom stereocenters. The smallest absolute Gasteiger partial charge is 1.00 e. The predicted octanol–water partition coefficient (Wildman–Crippen LogP) is 0.509. The Bertz CT molecular complexity index is 1010. The summed E-state index contributed by atoms with van der Waals surface area (Å²) in [5, 5.41) is 10.6. The summed E-state index contributed by atoms with van der Waals surface area (Å²) >= 11 is 0. The van der Waals surface area contributed by atoms with Crippen LogP contribution in [0.3, 0.4) is 0 Å². The number of hydrogen-bond acceptors (Lipinski definition) is 6. The van der Waals surface area contributed by atoms with Crippen molar-refractivity contribution in [2.45, 2.75) is 31.1 Å². The minimum Gasteiger partial charge on any atom is -1.00 e. The molecule has 0 aliphatic rings. The fraction of sp³-hybridized carbons (Fsp3) is 0.294. The SMILES string of the molecule is CC(C)(C)c1ccc(S(=O)(=O)NCP(=O)(O)Oc2ccc([N+](=O)[O-])cc2)cc1.[H-].[Na+]. The average molecular weight is 452 g/mol. The molecule has 0 aliphatic heterocycles. The number of nitro benzene ring substituents is 1. The second kappa shape index (κ2) is 9.70. The van der Waals surface area contributed by atoms with Crippen LogP contribution in [-0.4, -0.2) is 24.5 Å². The van der Waals surface area contributed by atoms with E-state index in [9.17, 15) is 28.0 Å². The van der Waals surface area contributed by atoms with Crippen molar-refractivity contribution in [1.29, 1.82) is 0 Å². The summed E-state index contributed by atoms with van der Waals surface area (Å²) in [6, 6.07) is 10.7. The van der Waals surface area contributed by atoms with Gasteiger partial charge >= 0.3 is 37.2 Å². The van der Waals surface area contributed by atoms with Crippen molar-refractivity contribution in [3.05, 3.63) is 64.2 Å². The van der Waals surface area contributed by atoms with E-state index in [1.807, 2.05) is 25.5 Å². The van der Waals surface area contributed by atoms with Gasteiger partial charge in [-0.15, -0.1) is 0 Å². The maximum atomic E-state index is 12.3. The van der Waals surface area contributed by atoms with E-state index >= 15 is 0 Å². The van der Waals surface area contributed by atoms with Gasteiger partial charge in [0.1, 0.15) is 12.0 Å². The fourth-order valence-corrected chi connectivity index (χ4v) is 4.72. The van der Waals surface area contributed by atoms with Crippen LogP contribution in [0.15, 0.2) is 53.4 Å².